The Morgan fingerprint density at radius 2 is 1.88 bits per heavy atom. The number of benzene rings is 1. The number of aromatic nitrogens is 1. The molecule has 2 heteroatoms. The van der Waals surface area contributed by atoms with Crippen molar-refractivity contribution in [2.24, 2.45) is 0 Å². The van der Waals surface area contributed by atoms with Gasteiger partial charge in [-0.25, -0.2) is 0 Å². The molecule has 1 aromatic carbocycles. The summed E-state index contributed by atoms with van der Waals surface area (Å²) < 4.78 is 5.40. The molecule has 0 aliphatic rings. The molecule has 0 saturated heterocycles. The van der Waals surface area contributed by atoms with Gasteiger partial charge in [-0.3, -0.25) is 4.98 Å². The van der Waals surface area contributed by atoms with Crippen molar-refractivity contribution in [2.75, 3.05) is 7.11 Å². The number of rotatable bonds is 2. The molecule has 0 spiro atoms. The van der Waals surface area contributed by atoms with Gasteiger partial charge in [-0.2, -0.15) is 0 Å². The van der Waals surface area contributed by atoms with Crippen molar-refractivity contribution in [2.45, 2.75) is 13.8 Å². The van der Waals surface area contributed by atoms with Crippen molar-refractivity contribution in [3.8, 4) is 16.9 Å². The van der Waals surface area contributed by atoms with Crippen molar-refractivity contribution in [1.29, 1.82) is 0 Å². The van der Waals surface area contributed by atoms with Crippen LogP contribution >= 0.6 is 0 Å². The first-order valence-electron chi connectivity index (χ1n) is 5.28. The minimum absolute atomic E-state index is 0.908. The second-order valence-corrected chi connectivity index (χ2v) is 3.89. The van der Waals surface area contributed by atoms with E-state index in [1.54, 1.807) is 7.11 Å². The van der Waals surface area contributed by atoms with E-state index in [1.807, 2.05) is 25.3 Å². The lowest BCUT2D eigenvalue weighted by molar-refractivity contribution is 0.416. The first-order chi connectivity index (χ1) is 7.70. The summed E-state index contributed by atoms with van der Waals surface area (Å²) in [4.78, 5) is 4.20. The summed E-state index contributed by atoms with van der Waals surface area (Å²) in [5, 5.41) is 0. The fourth-order valence-corrected chi connectivity index (χ4v) is 1.75. The van der Waals surface area contributed by atoms with Crippen LogP contribution in [0.3, 0.4) is 0 Å². The van der Waals surface area contributed by atoms with Gasteiger partial charge in [-0.05, 0) is 43.2 Å². The number of pyridine rings is 1. The lowest BCUT2D eigenvalue weighted by Crippen LogP contribution is -1.90. The number of aryl methyl sites for hydroxylation is 2. The fraction of sp³-hybridized carbons (Fsp3) is 0.214. The van der Waals surface area contributed by atoms with E-state index in [2.05, 4.69) is 30.1 Å². The van der Waals surface area contributed by atoms with Crippen LogP contribution in [0.4, 0.5) is 0 Å². The van der Waals surface area contributed by atoms with E-state index in [4.69, 9.17) is 4.74 Å². The van der Waals surface area contributed by atoms with E-state index in [0.717, 1.165) is 22.6 Å². The normalized spacial score (nSPS) is 10.2. The van der Waals surface area contributed by atoms with Crippen molar-refractivity contribution in [3.05, 3.63) is 47.8 Å². The molecular weight excluding hydrogens is 198 g/mol. The van der Waals surface area contributed by atoms with Crippen LogP contribution < -0.4 is 4.74 Å². The largest absolute Gasteiger partial charge is 0.496 e. The number of methoxy groups -OCH3 is 1. The molecule has 2 aromatic rings. The zero-order valence-electron chi connectivity index (χ0n) is 9.82. The molecule has 0 fully saturated rings. The zero-order valence-corrected chi connectivity index (χ0v) is 9.82. The van der Waals surface area contributed by atoms with Gasteiger partial charge in [-0.1, -0.05) is 12.1 Å². The van der Waals surface area contributed by atoms with E-state index >= 15 is 0 Å². The van der Waals surface area contributed by atoms with Gasteiger partial charge in [0.1, 0.15) is 5.75 Å². The molecule has 0 aliphatic heterocycles. The van der Waals surface area contributed by atoms with Gasteiger partial charge in [0, 0.05) is 17.5 Å². The van der Waals surface area contributed by atoms with Crippen LogP contribution in [0.5, 0.6) is 5.75 Å². The fourth-order valence-electron chi connectivity index (χ4n) is 1.75. The monoisotopic (exact) mass is 213 g/mol. The topological polar surface area (TPSA) is 22.1 Å². The van der Waals surface area contributed by atoms with Gasteiger partial charge in [0.25, 0.3) is 0 Å². The average molecular weight is 213 g/mol. The maximum Gasteiger partial charge on any atom is 0.126 e. The molecule has 2 nitrogen and oxygen atoms in total. The van der Waals surface area contributed by atoms with Gasteiger partial charge in [0.2, 0.25) is 0 Å². The summed E-state index contributed by atoms with van der Waals surface area (Å²) in [6, 6.07) is 10.3. The maximum atomic E-state index is 5.40. The summed E-state index contributed by atoms with van der Waals surface area (Å²) >= 11 is 0. The molecule has 16 heavy (non-hydrogen) atoms. The van der Waals surface area contributed by atoms with Gasteiger partial charge >= 0.3 is 0 Å². The van der Waals surface area contributed by atoms with Crippen LogP contribution in [0.15, 0.2) is 36.5 Å². The standard InChI is InChI=1S/C14H15NO/c1-10-4-5-13(14(8-10)16-3)12-6-7-15-11(2)9-12/h4-9H,1-3H3. The minimum atomic E-state index is 0.908. The first kappa shape index (κ1) is 10.7. The molecule has 1 heterocycles. The molecule has 0 atom stereocenters. The predicted molar refractivity (Wildman–Crippen MR) is 65.7 cm³/mol. The van der Waals surface area contributed by atoms with E-state index in [-0.39, 0.29) is 0 Å². The predicted octanol–water partition coefficient (Wildman–Crippen LogP) is 3.37. The summed E-state index contributed by atoms with van der Waals surface area (Å²) in [5.74, 6) is 0.908. The molecule has 1 aromatic heterocycles. The highest BCUT2D eigenvalue weighted by atomic mass is 16.5. The second kappa shape index (κ2) is 4.35. The molecule has 0 N–H and O–H groups in total. The van der Waals surface area contributed by atoms with E-state index in [0.29, 0.717) is 0 Å². The molecule has 0 bridgehead atoms. The number of ether oxygens (including phenoxy) is 1. The average Bonchev–Trinajstić information content (AvgIpc) is 2.28. The first-order valence-corrected chi connectivity index (χ1v) is 5.28. The van der Waals surface area contributed by atoms with Gasteiger partial charge in [-0.15, -0.1) is 0 Å². The maximum absolute atomic E-state index is 5.40. The van der Waals surface area contributed by atoms with Crippen molar-refractivity contribution in [3.63, 3.8) is 0 Å². The van der Waals surface area contributed by atoms with Crippen LogP contribution in [0.2, 0.25) is 0 Å². The van der Waals surface area contributed by atoms with Crippen LogP contribution in [-0.2, 0) is 0 Å². The highest BCUT2D eigenvalue weighted by molar-refractivity contribution is 5.70. The third-order valence-corrected chi connectivity index (χ3v) is 2.56. The Labute approximate surface area is 95.9 Å². The SMILES string of the molecule is COc1cc(C)ccc1-c1ccnc(C)c1. The van der Waals surface area contributed by atoms with Crippen molar-refractivity contribution < 1.29 is 4.74 Å². The highest BCUT2D eigenvalue weighted by Crippen LogP contribution is 2.30. The van der Waals surface area contributed by atoms with Crippen molar-refractivity contribution >= 4 is 0 Å². The molecule has 0 saturated carbocycles. The Morgan fingerprint density at radius 3 is 2.56 bits per heavy atom. The molecular formula is C14H15NO. The number of hydrogen-bond donors (Lipinski definition) is 0. The lowest BCUT2D eigenvalue weighted by atomic mass is 10.0. The third kappa shape index (κ3) is 2.06. The third-order valence-electron chi connectivity index (χ3n) is 2.56. The Hall–Kier alpha value is -1.83. The lowest BCUT2D eigenvalue weighted by Gasteiger charge is -2.09. The van der Waals surface area contributed by atoms with E-state index in [1.165, 1.54) is 5.56 Å². The Bertz CT molecular complexity index is 506. The smallest absolute Gasteiger partial charge is 0.126 e. The van der Waals surface area contributed by atoms with Gasteiger partial charge in [0.05, 0.1) is 7.11 Å². The second-order valence-electron chi connectivity index (χ2n) is 3.89. The summed E-state index contributed by atoms with van der Waals surface area (Å²) in [5.41, 5.74) is 4.47. The highest BCUT2D eigenvalue weighted by Gasteiger charge is 2.05. The van der Waals surface area contributed by atoms with Gasteiger partial charge < -0.3 is 4.74 Å². The zero-order chi connectivity index (χ0) is 11.5. The Morgan fingerprint density at radius 1 is 1.06 bits per heavy atom. The number of nitrogens with zero attached hydrogens (tertiary/aromatic N) is 1. The van der Waals surface area contributed by atoms with Gasteiger partial charge in [0.15, 0.2) is 0 Å². The van der Waals surface area contributed by atoms with E-state index in [9.17, 15) is 0 Å². The van der Waals surface area contributed by atoms with Crippen LogP contribution in [0.25, 0.3) is 11.1 Å². The van der Waals surface area contributed by atoms with Crippen LogP contribution in [0.1, 0.15) is 11.3 Å². The molecule has 82 valence electrons. The quantitative estimate of drug-likeness (QED) is 0.763. The summed E-state index contributed by atoms with van der Waals surface area (Å²) in [6.07, 6.45) is 1.82. The van der Waals surface area contributed by atoms with Crippen molar-refractivity contribution in [1.82, 2.24) is 4.98 Å². The number of hydrogen-bond acceptors (Lipinski definition) is 2. The van der Waals surface area contributed by atoms with E-state index < -0.39 is 0 Å². The Kier molecular flexibility index (Phi) is 2.91. The molecule has 0 aliphatic carbocycles. The molecule has 0 radical (unpaired) electrons. The molecule has 2 rings (SSSR count). The Balaban J connectivity index is 2.55. The minimum Gasteiger partial charge on any atom is -0.496 e. The van der Waals surface area contributed by atoms with Crippen LogP contribution in [-0.4, -0.2) is 12.1 Å². The van der Waals surface area contributed by atoms with Crippen LogP contribution in [0, 0.1) is 13.8 Å². The molecule has 0 unspecified atom stereocenters. The summed E-state index contributed by atoms with van der Waals surface area (Å²) in [7, 11) is 1.70. The molecule has 0 amide bonds. The summed E-state index contributed by atoms with van der Waals surface area (Å²) in [6.45, 7) is 4.05.